The fourth-order valence-electron chi connectivity index (χ4n) is 2.95. The number of carboxylic acids is 1. The maximum atomic E-state index is 11.6. The van der Waals surface area contributed by atoms with Crippen molar-refractivity contribution in [1.82, 2.24) is 0 Å². The predicted molar refractivity (Wildman–Crippen MR) is 77.5 cm³/mol. The lowest BCUT2D eigenvalue weighted by atomic mass is 9.64. The maximum Gasteiger partial charge on any atom is 0.314 e. The van der Waals surface area contributed by atoms with Crippen LogP contribution in [0.4, 0.5) is 0 Å². The van der Waals surface area contributed by atoms with Crippen molar-refractivity contribution in [1.29, 1.82) is 0 Å². The van der Waals surface area contributed by atoms with Gasteiger partial charge in [-0.2, -0.15) is 0 Å². The fraction of sp³-hybridized carbons (Fsp3) is 0.562. The number of aliphatic carboxylic acids is 1. The van der Waals surface area contributed by atoms with Crippen LogP contribution in [0.25, 0.3) is 0 Å². The molecule has 3 rings (SSSR count). The van der Waals surface area contributed by atoms with Crippen molar-refractivity contribution in [3.63, 3.8) is 0 Å². The van der Waals surface area contributed by atoms with Gasteiger partial charge in [-0.25, -0.2) is 0 Å². The number of ether oxygens (including phenoxy) is 1. The van der Waals surface area contributed by atoms with Gasteiger partial charge < -0.3 is 9.84 Å². The van der Waals surface area contributed by atoms with Gasteiger partial charge in [0.15, 0.2) is 0 Å². The molecule has 0 saturated heterocycles. The van der Waals surface area contributed by atoms with Gasteiger partial charge in [0.05, 0.1) is 12.0 Å². The Morgan fingerprint density at radius 2 is 2.05 bits per heavy atom. The van der Waals surface area contributed by atoms with Crippen LogP contribution in [0.3, 0.4) is 0 Å². The van der Waals surface area contributed by atoms with Gasteiger partial charge in [0.1, 0.15) is 5.75 Å². The molecule has 0 heterocycles. The summed E-state index contributed by atoms with van der Waals surface area (Å²) in [6.45, 7) is 0.708. The van der Waals surface area contributed by atoms with Crippen LogP contribution in [-0.2, 0) is 10.2 Å². The number of carbonyl (C=O) groups is 1. The lowest BCUT2D eigenvalue weighted by Gasteiger charge is -2.38. The normalized spacial score (nSPS) is 20.9. The van der Waals surface area contributed by atoms with Gasteiger partial charge in [0.25, 0.3) is 0 Å². The van der Waals surface area contributed by atoms with Gasteiger partial charge in [-0.3, -0.25) is 4.79 Å². The van der Waals surface area contributed by atoms with E-state index in [0.717, 1.165) is 12.0 Å². The number of carboxylic acid groups (broad SMARTS) is 1. The van der Waals surface area contributed by atoms with E-state index >= 15 is 0 Å². The summed E-state index contributed by atoms with van der Waals surface area (Å²) in [6, 6.07) is 5.40. The highest BCUT2D eigenvalue weighted by Crippen LogP contribution is 2.45. The molecule has 0 unspecified atom stereocenters. The molecule has 1 N–H and O–H groups in total. The van der Waals surface area contributed by atoms with E-state index in [4.69, 9.17) is 16.3 Å². The van der Waals surface area contributed by atoms with Crippen LogP contribution >= 0.6 is 11.6 Å². The first-order valence-electron chi connectivity index (χ1n) is 7.27. The van der Waals surface area contributed by atoms with Crippen molar-refractivity contribution in [3.8, 4) is 5.75 Å². The Balaban J connectivity index is 1.80. The van der Waals surface area contributed by atoms with Gasteiger partial charge in [-0.05, 0) is 55.4 Å². The molecule has 0 aliphatic heterocycles. The van der Waals surface area contributed by atoms with Crippen molar-refractivity contribution >= 4 is 17.6 Å². The predicted octanol–water partition coefficient (Wildman–Crippen LogP) is 4.03. The minimum atomic E-state index is -0.754. The monoisotopic (exact) mass is 294 g/mol. The molecule has 4 heteroatoms. The van der Waals surface area contributed by atoms with Gasteiger partial charge >= 0.3 is 5.97 Å². The van der Waals surface area contributed by atoms with E-state index < -0.39 is 11.4 Å². The largest absolute Gasteiger partial charge is 0.493 e. The molecule has 0 amide bonds. The Hall–Kier alpha value is -1.22. The van der Waals surface area contributed by atoms with Crippen molar-refractivity contribution in [2.45, 2.75) is 43.9 Å². The van der Waals surface area contributed by atoms with Crippen LogP contribution in [0.15, 0.2) is 18.2 Å². The zero-order valence-electron chi connectivity index (χ0n) is 11.4. The minimum absolute atomic E-state index is 0.554. The van der Waals surface area contributed by atoms with E-state index in [1.165, 1.54) is 19.3 Å². The number of hydrogen-bond acceptors (Lipinski definition) is 2. The number of halogens is 1. The second kappa shape index (κ2) is 5.28. The third kappa shape index (κ3) is 2.39. The summed E-state index contributed by atoms with van der Waals surface area (Å²) in [4.78, 5) is 11.6. The average molecular weight is 295 g/mol. The van der Waals surface area contributed by atoms with Crippen LogP contribution in [0, 0.1) is 5.92 Å². The highest BCUT2D eigenvalue weighted by Gasteiger charge is 2.46. The molecule has 20 heavy (non-hydrogen) atoms. The van der Waals surface area contributed by atoms with Gasteiger partial charge in [0, 0.05) is 5.02 Å². The molecular formula is C16H19ClO3. The smallest absolute Gasteiger partial charge is 0.314 e. The summed E-state index contributed by atoms with van der Waals surface area (Å²) < 4.78 is 5.80. The minimum Gasteiger partial charge on any atom is -0.493 e. The standard InChI is InChI=1S/C16H19ClO3/c17-13-7-12(16(15(18)19)5-2-6-16)8-14(9-13)20-10-11-3-1-4-11/h7-9,11H,1-6,10H2,(H,18,19). The molecule has 0 radical (unpaired) electrons. The molecule has 2 aliphatic carbocycles. The quantitative estimate of drug-likeness (QED) is 0.892. The summed E-state index contributed by atoms with van der Waals surface area (Å²) >= 11 is 6.13. The first kappa shape index (κ1) is 13.7. The van der Waals surface area contributed by atoms with Crippen LogP contribution < -0.4 is 4.74 Å². The molecule has 0 bridgehead atoms. The Kier molecular flexibility index (Phi) is 3.63. The van der Waals surface area contributed by atoms with Crippen molar-refractivity contribution in [2.75, 3.05) is 6.61 Å². The van der Waals surface area contributed by atoms with E-state index in [9.17, 15) is 9.90 Å². The number of rotatable bonds is 5. The van der Waals surface area contributed by atoms with E-state index in [1.54, 1.807) is 12.1 Å². The zero-order valence-corrected chi connectivity index (χ0v) is 12.2. The van der Waals surface area contributed by atoms with E-state index in [1.807, 2.05) is 6.07 Å². The summed E-state index contributed by atoms with van der Waals surface area (Å²) in [5, 5.41) is 10.1. The molecule has 108 valence electrons. The Labute approximate surface area is 123 Å². The third-order valence-corrected chi connectivity index (χ3v) is 4.97. The number of hydrogen-bond donors (Lipinski definition) is 1. The van der Waals surface area contributed by atoms with E-state index in [0.29, 0.717) is 36.1 Å². The average Bonchev–Trinajstić information content (AvgIpc) is 2.23. The molecule has 2 fully saturated rings. The molecule has 0 aromatic heterocycles. The zero-order chi connectivity index (χ0) is 14.2. The summed E-state index contributed by atoms with van der Waals surface area (Å²) in [5.74, 6) is 0.595. The molecule has 0 atom stereocenters. The van der Waals surface area contributed by atoms with Crippen molar-refractivity contribution in [2.24, 2.45) is 5.92 Å². The Morgan fingerprint density at radius 3 is 2.55 bits per heavy atom. The third-order valence-electron chi connectivity index (χ3n) is 4.75. The SMILES string of the molecule is O=C(O)C1(c2cc(Cl)cc(OCC3CCC3)c2)CCC1. The maximum absolute atomic E-state index is 11.6. The van der Waals surface area contributed by atoms with Crippen molar-refractivity contribution < 1.29 is 14.6 Å². The molecule has 2 saturated carbocycles. The molecular weight excluding hydrogens is 276 g/mol. The molecule has 2 aliphatic rings. The number of benzene rings is 1. The van der Waals surface area contributed by atoms with Crippen LogP contribution in [-0.4, -0.2) is 17.7 Å². The van der Waals surface area contributed by atoms with Gasteiger partial charge in [-0.15, -0.1) is 0 Å². The summed E-state index contributed by atoms with van der Waals surface area (Å²) in [7, 11) is 0. The highest BCUT2D eigenvalue weighted by atomic mass is 35.5. The summed E-state index contributed by atoms with van der Waals surface area (Å²) in [6.07, 6.45) is 6.07. The summed E-state index contributed by atoms with van der Waals surface area (Å²) in [5.41, 5.74) is 0.0341. The van der Waals surface area contributed by atoms with Crippen molar-refractivity contribution in [3.05, 3.63) is 28.8 Å². The van der Waals surface area contributed by atoms with E-state index in [2.05, 4.69) is 0 Å². The van der Waals surface area contributed by atoms with Crippen LogP contribution in [0.2, 0.25) is 5.02 Å². The van der Waals surface area contributed by atoms with Gasteiger partial charge in [-0.1, -0.05) is 24.4 Å². The lowest BCUT2D eigenvalue weighted by molar-refractivity contribution is -0.147. The van der Waals surface area contributed by atoms with E-state index in [-0.39, 0.29) is 0 Å². The Morgan fingerprint density at radius 1 is 1.30 bits per heavy atom. The molecule has 1 aromatic rings. The highest BCUT2D eigenvalue weighted by molar-refractivity contribution is 6.30. The van der Waals surface area contributed by atoms with Crippen LogP contribution in [0.5, 0.6) is 5.75 Å². The lowest BCUT2D eigenvalue weighted by Crippen LogP contribution is -2.42. The second-order valence-corrected chi connectivity index (χ2v) is 6.46. The topological polar surface area (TPSA) is 46.5 Å². The first-order valence-corrected chi connectivity index (χ1v) is 7.65. The molecule has 3 nitrogen and oxygen atoms in total. The molecule has 0 spiro atoms. The fourth-order valence-corrected chi connectivity index (χ4v) is 3.18. The van der Waals surface area contributed by atoms with Gasteiger partial charge in [0.2, 0.25) is 0 Å². The van der Waals surface area contributed by atoms with Crippen LogP contribution in [0.1, 0.15) is 44.1 Å². The first-order chi connectivity index (χ1) is 9.60. The molecule has 1 aromatic carbocycles. The second-order valence-electron chi connectivity index (χ2n) is 6.02. The Bertz CT molecular complexity index is 518.